The van der Waals surface area contributed by atoms with Gasteiger partial charge in [-0.1, -0.05) is 0 Å². The van der Waals surface area contributed by atoms with E-state index in [1.807, 2.05) is 6.92 Å². The number of halogens is 1. The second-order valence-corrected chi connectivity index (χ2v) is 9.78. The van der Waals surface area contributed by atoms with Gasteiger partial charge in [0.1, 0.15) is 18.1 Å². The fourth-order valence-corrected chi connectivity index (χ4v) is 5.49. The van der Waals surface area contributed by atoms with Crippen LogP contribution >= 0.6 is 0 Å². The summed E-state index contributed by atoms with van der Waals surface area (Å²) in [5, 5.41) is 14.4. The van der Waals surface area contributed by atoms with E-state index in [0.717, 1.165) is 37.6 Å². The molecule has 1 amide bonds. The maximum atomic E-state index is 15.5. The smallest absolute Gasteiger partial charge is 0.413 e. The minimum absolute atomic E-state index is 0.0363. The molecule has 1 aromatic carbocycles. The number of carboxylic acid groups (broad SMARTS) is 1. The van der Waals surface area contributed by atoms with E-state index < -0.39 is 11.9 Å². The number of rotatable bonds is 4. The lowest BCUT2D eigenvalue weighted by Crippen LogP contribution is -2.55. The Labute approximate surface area is 213 Å². The van der Waals surface area contributed by atoms with Crippen molar-refractivity contribution in [3.63, 3.8) is 0 Å². The number of pyridine rings is 2. The van der Waals surface area contributed by atoms with Crippen molar-refractivity contribution in [2.24, 2.45) is 0 Å². The number of benzene rings is 1. The Balaban J connectivity index is 1.36. The molecule has 0 saturated carbocycles. The molecule has 11 heteroatoms. The maximum absolute atomic E-state index is 15.5. The van der Waals surface area contributed by atoms with E-state index >= 15 is 4.39 Å². The molecule has 10 nitrogen and oxygen atoms in total. The highest BCUT2D eigenvalue weighted by Gasteiger charge is 2.34. The van der Waals surface area contributed by atoms with Crippen LogP contribution in [0.2, 0.25) is 0 Å². The van der Waals surface area contributed by atoms with Gasteiger partial charge in [-0.2, -0.15) is 0 Å². The van der Waals surface area contributed by atoms with Crippen molar-refractivity contribution >= 4 is 34.1 Å². The molecule has 0 radical (unpaired) electrons. The number of aromatic nitrogens is 2. The van der Waals surface area contributed by atoms with Crippen LogP contribution in [0.4, 0.5) is 26.4 Å². The molecule has 0 aliphatic carbocycles. The fourth-order valence-electron chi connectivity index (χ4n) is 5.49. The first kappa shape index (κ1) is 23.7. The van der Waals surface area contributed by atoms with Crippen LogP contribution in [0.5, 0.6) is 5.88 Å². The Morgan fingerprint density at radius 1 is 1.22 bits per heavy atom. The summed E-state index contributed by atoms with van der Waals surface area (Å²) in [4.78, 5) is 24.8. The Bertz CT molecular complexity index is 1370. The summed E-state index contributed by atoms with van der Waals surface area (Å²) in [6, 6.07) is 3.59. The lowest BCUT2D eigenvalue weighted by Gasteiger charge is -2.43. The van der Waals surface area contributed by atoms with Crippen LogP contribution in [0.3, 0.4) is 0 Å². The molecular weight excluding hydrogens is 479 g/mol. The average molecular weight is 509 g/mol. The molecule has 3 aromatic rings. The number of amides is 1. The van der Waals surface area contributed by atoms with Gasteiger partial charge >= 0.3 is 6.09 Å². The predicted octanol–water partition coefficient (Wildman–Crippen LogP) is 3.48. The summed E-state index contributed by atoms with van der Waals surface area (Å²) in [5.41, 5.74) is 8.59. The van der Waals surface area contributed by atoms with Crippen LogP contribution in [-0.2, 0) is 4.74 Å². The Morgan fingerprint density at radius 2 is 2.00 bits per heavy atom. The molecule has 5 heterocycles. The van der Waals surface area contributed by atoms with Gasteiger partial charge in [0.15, 0.2) is 5.82 Å². The van der Waals surface area contributed by atoms with Crippen LogP contribution in [0.1, 0.15) is 18.4 Å². The third kappa shape index (κ3) is 4.08. The number of carbonyl (C=O) groups is 1. The maximum Gasteiger partial charge on any atom is 0.413 e. The third-order valence-electron chi connectivity index (χ3n) is 7.68. The van der Waals surface area contributed by atoms with Crippen molar-refractivity contribution in [1.29, 1.82) is 0 Å². The van der Waals surface area contributed by atoms with E-state index in [9.17, 15) is 9.90 Å². The molecule has 4 N–H and O–H groups in total. The first-order valence-corrected chi connectivity index (χ1v) is 12.5. The molecule has 3 aliphatic heterocycles. The summed E-state index contributed by atoms with van der Waals surface area (Å²) in [6.07, 6.45) is 3.38. The van der Waals surface area contributed by atoms with Gasteiger partial charge in [0, 0.05) is 54.6 Å². The molecule has 0 spiro atoms. The van der Waals surface area contributed by atoms with E-state index in [2.05, 4.69) is 20.2 Å². The van der Waals surface area contributed by atoms with E-state index in [1.54, 1.807) is 18.3 Å². The van der Waals surface area contributed by atoms with E-state index in [0.29, 0.717) is 65.6 Å². The Morgan fingerprint density at radius 3 is 2.70 bits per heavy atom. The molecule has 194 valence electrons. The fraction of sp³-hybridized carbons (Fsp3) is 0.423. The minimum Gasteiger partial charge on any atom is -0.474 e. The second kappa shape index (κ2) is 9.31. The number of nitrogens with zero attached hydrogens (tertiary/aromatic N) is 4. The van der Waals surface area contributed by atoms with Crippen LogP contribution in [0.15, 0.2) is 24.5 Å². The molecule has 0 unspecified atom stereocenters. The number of hydrogen-bond acceptors (Lipinski definition) is 8. The first-order valence-electron chi connectivity index (χ1n) is 12.5. The van der Waals surface area contributed by atoms with E-state index in [4.69, 9.17) is 15.2 Å². The number of nitrogens with one attached hydrogen (secondary N) is 1. The van der Waals surface area contributed by atoms with E-state index in [-0.39, 0.29) is 11.7 Å². The van der Waals surface area contributed by atoms with Gasteiger partial charge < -0.3 is 25.6 Å². The lowest BCUT2D eigenvalue weighted by molar-refractivity contribution is -0.0711. The summed E-state index contributed by atoms with van der Waals surface area (Å²) in [5.74, 6) is 0.227. The average Bonchev–Trinajstić information content (AvgIpc) is 2.87. The summed E-state index contributed by atoms with van der Waals surface area (Å²) in [7, 11) is 0. The number of nitrogens with two attached hydrogens (primary N) is 1. The van der Waals surface area contributed by atoms with Crippen molar-refractivity contribution in [2.45, 2.75) is 31.8 Å². The third-order valence-corrected chi connectivity index (χ3v) is 7.68. The van der Waals surface area contributed by atoms with Crippen LogP contribution in [-0.4, -0.2) is 77.6 Å². The highest BCUT2D eigenvalue weighted by atomic mass is 19.1. The summed E-state index contributed by atoms with van der Waals surface area (Å²) in [6.45, 7) is 6.12. The molecular formula is C26H29FN6O4. The molecule has 3 aliphatic rings. The largest absolute Gasteiger partial charge is 0.474 e. The predicted molar refractivity (Wildman–Crippen MR) is 138 cm³/mol. The zero-order chi connectivity index (χ0) is 25.7. The molecule has 0 bridgehead atoms. The number of fused-ring (bicyclic) bond motifs is 2. The quantitative estimate of drug-likeness (QED) is 0.454. The Kier molecular flexibility index (Phi) is 5.96. The molecule has 0 atom stereocenters. The van der Waals surface area contributed by atoms with Gasteiger partial charge in [-0.05, 0) is 42.8 Å². The molecule has 2 aromatic heterocycles. The highest BCUT2D eigenvalue weighted by Crippen LogP contribution is 2.40. The van der Waals surface area contributed by atoms with Gasteiger partial charge in [0.25, 0.3) is 0 Å². The van der Waals surface area contributed by atoms with Gasteiger partial charge in [0.05, 0.1) is 24.9 Å². The summed E-state index contributed by atoms with van der Waals surface area (Å²) >= 11 is 0. The number of hydrogen-bond donors (Lipinski definition) is 3. The van der Waals surface area contributed by atoms with Crippen LogP contribution in [0, 0.1) is 12.7 Å². The lowest BCUT2D eigenvalue weighted by atomic mass is 9.96. The van der Waals surface area contributed by atoms with Gasteiger partial charge in [0.2, 0.25) is 5.88 Å². The monoisotopic (exact) mass is 508 g/mol. The van der Waals surface area contributed by atoms with Crippen LogP contribution in [0.25, 0.3) is 21.9 Å². The number of nitrogen functional groups attached to an aromatic ring is 1. The first-order chi connectivity index (χ1) is 17.9. The molecule has 37 heavy (non-hydrogen) atoms. The zero-order valence-electron chi connectivity index (χ0n) is 20.5. The Hall–Kier alpha value is -3.70. The number of ether oxygens (including phenoxy) is 2. The van der Waals surface area contributed by atoms with Crippen molar-refractivity contribution in [3.8, 4) is 17.0 Å². The van der Waals surface area contributed by atoms with Crippen molar-refractivity contribution in [1.82, 2.24) is 14.9 Å². The standard InChI is InChI=1S/C26H29FN6O4/c1-14-19(10-31-25-24(14)29-4-7-37-25)18-8-15-9-21(30-11-20(15)23(28)22(18)27)33(26(34)35)16-2-5-32(6-3-16)17-12-36-13-17/h8-11,16-17,29H,2-7,12-13,28H2,1H3,(H,34,35). The number of anilines is 3. The zero-order valence-corrected chi connectivity index (χ0v) is 20.5. The molecule has 6 rings (SSSR count). The van der Waals surface area contributed by atoms with Crippen molar-refractivity contribution in [3.05, 3.63) is 35.9 Å². The SMILES string of the molecule is Cc1c(-c2cc3cc(N(C(=O)O)C4CCN(C5COC5)CC4)ncc3c(N)c2F)cnc2c1NCCO2. The molecule has 2 saturated heterocycles. The van der Waals surface area contributed by atoms with Gasteiger partial charge in [-0.25, -0.2) is 19.2 Å². The van der Waals surface area contributed by atoms with Crippen molar-refractivity contribution in [2.75, 3.05) is 55.4 Å². The highest BCUT2D eigenvalue weighted by molar-refractivity contribution is 5.99. The normalized spacial score (nSPS) is 18.5. The van der Waals surface area contributed by atoms with Crippen molar-refractivity contribution < 1.29 is 23.8 Å². The van der Waals surface area contributed by atoms with Gasteiger partial charge in [-0.3, -0.25) is 9.80 Å². The van der Waals surface area contributed by atoms with Gasteiger partial charge in [-0.15, -0.1) is 0 Å². The minimum atomic E-state index is -1.06. The topological polar surface area (TPSA) is 126 Å². The van der Waals surface area contributed by atoms with E-state index in [1.165, 1.54) is 11.1 Å². The summed E-state index contributed by atoms with van der Waals surface area (Å²) < 4.78 is 26.4. The number of likely N-dealkylation sites (tertiary alicyclic amines) is 1. The van der Waals surface area contributed by atoms with Crippen LogP contribution < -0.4 is 20.7 Å². The second-order valence-electron chi connectivity index (χ2n) is 9.78. The number of piperidine rings is 1. The molecule has 2 fully saturated rings.